The number of aromatic amines is 1. The Bertz CT molecular complexity index is 1260. The Hall–Kier alpha value is -3.47. The summed E-state index contributed by atoms with van der Waals surface area (Å²) in [5.74, 6) is -1.84. The highest BCUT2D eigenvalue weighted by Crippen LogP contribution is 2.23. The second-order valence-electron chi connectivity index (χ2n) is 7.54. The lowest BCUT2D eigenvalue weighted by molar-refractivity contribution is -0.147. The van der Waals surface area contributed by atoms with Crippen molar-refractivity contribution in [3.8, 4) is 0 Å². The van der Waals surface area contributed by atoms with E-state index in [0.717, 1.165) is 0 Å². The summed E-state index contributed by atoms with van der Waals surface area (Å²) in [6.45, 7) is 7.97. The van der Waals surface area contributed by atoms with Gasteiger partial charge in [0.1, 0.15) is 11.9 Å². The number of nitrogens with zero attached hydrogens (tertiary/aromatic N) is 1. The molecular weight excluding hydrogens is 450 g/mol. The highest BCUT2D eigenvalue weighted by molar-refractivity contribution is 7.90. The summed E-state index contributed by atoms with van der Waals surface area (Å²) < 4.78 is 37.0. The Morgan fingerprint density at radius 1 is 1.12 bits per heavy atom. The fourth-order valence-corrected chi connectivity index (χ4v) is 4.75. The molecule has 176 valence electrons. The minimum atomic E-state index is -3.75. The van der Waals surface area contributed by atoms with Gasteiger partial charge in [-0.05, 0) is 52.3 Å². The van der Waals surface area contributed by atoms with Crippen molar-refractivity contribution in [3.05, 3.63) is 52.3 Å². The van der Waals surface area contributed by atoms with Crippen molar-refractivity contribution in [1.29, 1.82) is 0 Å². The molecule has 2 atom stereocenters. The maximum absolute atomic E-state index is 12.9. The van der Waals surface area contributed by atoms with Crippen LogP contribution < -0.4 is 4.72 Å². The number of rotatable bonds is 7. The Morgan fingerprint density at radius 3 is 2.45 bits per heavy atom. The minimum absolute atomic E-state index is 0.0314. The summed E-state index contributed by atoms with van der Waals surface area (Å²) in [6.07, 6.45) is -1.17. The first kappa shape index (κ1) is 24.2. The van der Waals surface area contributed by atoms with Gasteiger partial charge in [0.15, 0.2) is 6.10 Å². The second-order valence-corrected chi connectivity index (χ2v) is 9.19. The number of aryl methyl sites for hydroxylation is 1. The molecule has 2 aromatic rings. The number of carbonyl (C=O) groups excluding carboxylic acids is 3. The van der Waals surface area contributed by atoms with Crippen LogP contribution >= 0.6 is 0 Å². The SMILES string of the molecule is CCOC(=O)c1c(C)[nH]c(C(=O)C(C)OC(=O)[C@@H](C)N=C2NS(=O)(=O)c3ccccc32)c1C. The predicted molar refractivity (Wildman–Crippen MR) is 119 cm³/mol. The minimum Gasteiger partial charge on any atom is -0.462 e. The third kappa shape index (κ3) is 4.68. The zero-order chi connectivity index (χ0) is 24.5. The first-order valence-corrected chi connectivity index (χ1v) is 11.8. The third-order valence-corrected chi connectivity index (χ3v) is 6.55. The smallest absolute Gasteiger partial charge is 0.340 e. The molecule has 1 aromatic heterocycles. The highest BCUT2D eigenvalue weighted by Gasteiger charge is 2.32. The summed E-state index contributed by atoms with van der Waals surface area (Å²) in [5.41, 5.74) is 1.65. The number of fused-ring (bicyclic) bond motifs is 1. The van der Waals surface area contributed by atoms with Gasteiger partial charge in [-0.2, -0.15) is 0 Å². The summed E-state index contributed by atoms with van der Waals surface area (Å²) in [7, 11) is -3.75. The normalized spacial score (nSPS) is 17.1. The van der Waals surface area contributed by atoms with E-state index in [2.05, 4.69) is 14.7 Å². The van der Waals surface area contributed by atoms with Gasteiger partial charge in [-0.1, -0.05) is 12.1 Å². The average molecular weight is 476 g/mol. The second kappa shape index (κ2) is 9.18. The van der Waals surface area contributed by atoms with Gasteiger partial charge >= 0.3 is 11.9 Å². The molecule has 0 fully saturated rings. The molecule has 0 amide bonds. The van der Waals surface area contributed by atoms with Crippen molar-refractivity contribution in [1.82, 2.24) is 9.71 Å². The van der Waals surface area contributed by atoms with Gasteiger partial charge in [-0.15, -0.1) is 0 Å². The Balaban J connectivity index is 1.75. The average Bonchev–Trinajstić information content (AvgIpc) is 3.19. The summed E-state index contributed by atoms with van der Waals surface area (Å²) >= 11 is 0. The maximum Gasteiger partial charge on any atom is 0.340 e. The fourth-order valence-electron chi connectivity index (χ4n) is 3.51. The number of amidine groups is 1. The highest BCUT2D eigenvalue weighted by atomic mass is 32.2. The molecule has 0 spiro atoms. The van der Waals surface area contributed by atoms with Crippen molar-refractivity contribution in [2.75, 3.05) is 6.61 Å². The number of sulfonamides is 1. The first-order chi connectivity index (χ1) is 15.5. The number of hydrogen-bond donors (Lipinski definition) is 2. The molecule has 3 rings (SSSR count). The molecule has 33 heavy (non-hydrogen) atoms. The van der Waals surface area contributed by atoms with Gasteiger partial charge in [0, 0.05) is 11.3 Å². The third-order valence-electron chi connectivity index (χ3n) is 5.15. The molecule has 0 bridgehead atoms. The van der Waals surface area contributed by atoms with E-state index in [1.807, 2.05) is 0 Å². The van der Waals surface area contributed by atoms with Crippen molar-refractivity contribution in [2.45, 2.75) is 51.7 Å². The molecule has 1 unspecified atom stereocenters. The number of Topliss-reactive ketones (excluding diaryl/α,β-unsaturated/α-hetero) is 1. The number of ketones is 1. The molecule has 10 nitrogen and oxygen atoms in total. The summed E-state index contributed by atoms with van der Waals surface area (Å²) in [6, 6.07) is 5.18. The number of H-pyrrole nitrogens is 1. The van der Waals surface area contributed by atoms with Gasteiger partial charge in [-0.3, -0.25) is 14.5 Å². The lowest BCUT2D eigenvalue weighted by Gasteiger charge is -2.14. The van der Waals surface area contributed by atoms with Crippen molar-refractivity contribution in [3.63, 3.8) is 0 Å². The number of ether oxygens (including phenoxy) is 2. The van der Waals surface area contributed by atoms with Crippen LogP contribution in [0.2, 0.25) is 0 Å². The van der Waals surface area contributed by atoms with Crippen molar-refractivity contribution < 1.29 is 32.3 Å². The van der Waals surface area contributed by atoms with E-state index in [0.29, 0.717) is 16.8 Å². The van der Waals surface area contributed by atoms with Crippen molar-refractivity contribution >= 4 is 33.6 Å². The Labute approximate surface area is 191 Å². The standard InChI is InChI=1S/C22H25N3O7S/c1-6-31-22(28)17-11(2)18(23-12(17)3)19(26)14(5)32-21(27)13(4)24-20-15-9-7-8-10-16(15)33(29,30)25-20/h7-10,13-14,23H,6H2,1-5H3,(H,24,25)/t13-,14?/m1/s1. The number of esters is 2. The van der Waals surface area contributed by atoms with Crippen LogP contribution in [0.1, 0.15) is 58.4 Å². The van der Waals surface area contributed by atoms with E-state index < -0.39 is 39.9 Å². The lowest BCUT2D eigenvalue weighted by Crippen LogP contribution is -2.31. The molecule has 2 heterocycles. The van der Waals surface area contributed by atoms with Crippen LogP contribution in [-0.2, 0) is 24.3 Å². The molecular formula is C22H25N3O7S. The number of hydrogen-bond acceptors (Lipinski definition) is 8. The van der Waals surface area contributed by atoms with Gasteiger partial charge < -0.3 is 14.5 Å². The van der Waals surface area contributed by atoms with E-state index >= 15 is 0 Å². The predicted octanol–water partition coefficient (Wildman–Crippen LogP) is 2.05. The number of aromatic nitrogens is 1. The largest absolute Gasteiger partial charge is 0.462 e. The van der Waals surface area contributed by atoms with E-state index in [1.54, 1.807) is 39.0 Å². The van der Waals surface area contributed by atoms with E-state index in [1.165, 1.54) is 19.9 Å². The topological polar surface area (TPSA) is 144 Å². The molecule has 0 radical (unpaired) electrons. The zero-order valence-corrected chi connectivity index (χ0v) is 19.7. The summed E-state index contributed by atoms with van der Waals surface area (Å²) in [4.78, 5) is 44.7. The van der Waals surface area contributed by atoms with Crippen LogP contribution in [0.5, 0.6) is 0 Å². The van der Waals surface area contributed by atoms with E-state index in [9.17, 15) is 22.8 Å². The van der Waals surface area contributed by atoms with Gasteiger partial charge in [-0.25, -0.2) is 18.0 Å². The van der Waals surface area contributed by atoms with Gasteiger partial charge in [0.25, 0.3) is 10.0 Å². The van der Waals surface area contributed by atoms with Crippen LogP contribution in [0.25, 0.3) is 0 Å². The van der Waals surface area contributed by atoms with E-state index in [4.69, 9.17) is 9.47 Å². The Kier molecular flexibility index (Phi) is 6.73. The van der Waals surface area contributed by atoms with Gasteiger partial charge in [0.05, 0.1) is 22.8 Å². The Morgan fingerprint density at radius 2 is 1.79 bits per heavy atom. The van der Waals surface area contributed by atoms with Crippen LogP contribution in [0, 0.1) is 13.8 Å². The molecule has 1 aromatic carbocycles. The maximum atomic E-state index is 12.9. The van der Waals surface area contributed by atoms with Crippen LogP contribution in [0.15, 0.2) is 34.2 Å². The summed E-state index contributed by atoms with van der Waals surface area (Å²) in [5, 5.41) is 0. The van der Waals surface area contributed by atoms with Gasteiger partial charge in [0.2, 0.25) is 5.78 Å². The van der Waals surface area contributed by atoms with Crippen LogP contribution in [0.4, 0.5) is 0 Å². The first-order valence-electron chi connectivity index (χ1n) is 10.3. The number of benzene rings is 1. The molecule has 0 saturated carbocycles. The number of nitrogens with one attached hydrogen (secondary N) is 2. The number of carbonyl (C=O) groups is 3. The molecule has 2 N–H and O–H groups in total. The van der Waals surface area contributed by atoms with Crippen LogP contribution in [0.3, 0.4) is 0 Å². The quantitative estimate of drug-likeness (QED) is 0.461. The molecule has 1 aliphatic heterocycles. The van der Waals surface area contributed by atoms with E-state index in [-0.39, 0.29) is 28.6 Å². The lowest BCUT2D eigenvalue weighted by atomic mass is 10.1. The zero-order valence-electron chi connectivity index (χ0n) is 18.9. The fraction of sp³-hybridized carbons (Fsp3) is 0.364. The van der Waals surface area contributed by atoms with Crippen LogP contribution in [-0.4, -0.2) is 55.7 Å². The molecule has 1 aliphatic rings. The van der Waals surface area contributed by atoms with Crippen molar-refractivity contribution in [2.24, 2.45) is 4.99 Å². The number of aliphatic imine (C=N–C) groups is 1. The molecule has 0 aliphatic carbocycles. The molecule has 0 saturated heterocycles. The monoisotopic (exact) mass is 475 g/mol. The molecule has 11 heteroatoms.